The van der Waals surface area contributed by atoms with Gasteiger partial charge in [-0.05, 0) is 48.5 Å². The van der Waals surface area contributed by atoms with Crippen LogP contribution in [0.2, 0.25) is 0 Å². The Morgan fingerprint density at radius 3 is 2.39 bits per heavy atom. The highest BCUT2D eigenvalue weighted by molar-refractivity contribution is 7.98. The van der Waals surface area contributed by atoms with Crippen molar-refractivity contribution in [2.75, 3.05) is 0 Å². The van der Waals surface area contributed by atoms with Crippen molar-refractivity contribution in [1.82, 2.24) is 30.0 Å². The van der Waals surface area contributed by atoms with E-state index < -0.39 is 0 Å². The molecule has 0 atom stereocenters. The zero-order valence-corrected chi connectivity index (χ0v) is 16.3. The number of aryl methyl sites for hydroxylation is 2. The largest absolute Gasteiger partial charge is 0.235 e. The minimum atomic E-state index is 0.519. The molecule has 0 aliphatic rings. The van der Waals surface area contributed by atoms with E-state index in [4.69, 9.17) is 0 Å². The molecule has 0 spiro atoms. The van der Waals surface area contributed by atoms with Crippen LogP contribution in [0.3, 0.4) is 0 Å². The van der Waals surface area contributed by atoms with Crippen molar-refractivity contribution in [3.63, 3.8) is 0 Å². The average molecular weight is 387 g/mol. The lowest BCUT2D eigenvalue weighted by molar-refractivity contribution is 0.755. The van der Waals surface area contributed by atoms with Crippen LogP contribution in [0.4, 0.5) is 0 Å². The highest BCUT2D eigenvalue weighted by atomic mass is 32.2. The minimum absolute atomic E-state index is 0.519. The molecular weight excluding hydrogens is 370 g/mol. The van der Waals surface area contributed by atoms with E-state index in [0.717, 1.165) is 17.1 Å². The molecule has 0 saturated heterocycles. The fraction of sp³-hybridized carbons (Fsp3) is 0.150. The summed E-state index contributed by atoms with van der Waals surface area (Å²) in [6.07, 6.45) is 0. The molecule has 8 heteroatoms. The monoisotopic (exact) mass is 387 g/mol. The van der Waals surface area contributed by atoms with Gasteiger partial charge in [0.2, 0.25) is 5.16 Å². The molecule has 0 N–H and O–H groups in total. The number of rotatable bonds is 5. The van der Waals surface area contributed by atoms with Gasteiger partial charge in [-0.3, -0.25) is 0 Å². The molecule has 4 rings (SSSR count). The summed E-state index contributed by atoms with van der Waals surface area (Å²) in [6, 6.07) is 20.1. The second kappa shape index (κ2) is 7.66. The third kappa shape index (κ3) is 3.40. The number of para-hydroxylation sites is 1. The van der Waals surface area contributed by atoms with E-state index in [1.165, 1.54) is 17.3 Å². The molecule has 28 heavy (non-hydrogen) atoms. The number of tetrazole rings is 1. The molecule has 2 aromatic carbocycles. The lowest BCUT2D eigenvalue weighted by Crippen LogP contribution is -2.03. The van der Waals surface area contributed by atoms with Crippen LogP contribution in [0, 0.1) is 25.2 Å². The normalized spacial score (nSPS) is 10.8. The Labute approximate surface area is 166 Å². The van der Waals surface area contributed by atoms with Gasteiger partial charge in [-0.15, -0.1) is 5.10 Å². The molecule has 0 fully saturated rings. The van der Waals surface area contributed by atoms with Gasteiger partial charge in [-0.25, -0.2) is 4.68 Å². The van der Waals surface area contributed by atoms with E-state index in [1.54, 1.807) is 4.68 Å². The Morgan fingerprint density at radius 1 is 0.964 bits per heavy atom. The van der Waals surface area contributed by atoms with Crippen molar-refractivity contribution in [3.05, 3.63) is 77.1 Å². The summed E-state index contributed by atoms with van der Waals surface area (Å²) >= 11 is 1.47. The number of hydrogen-bond acceptors (Lipinski definition) is 6. The number of thioether (sulfide) groups is 1. The highest BCUT2D eigenvalue weighted by Crippen LogP contribution is 2.27. The van der Waals surface area contributed by atoms with Crippen LogP contribution >= 0.6 is 11.8 Å². The predicted molar refractivity (Wildman–Crippen MR) is 106 cm³/mol. The second-order valence-electron chi connectivity index (χ2n) is 6.26. The van der Waals surface area contributed by atoms with Crippen LogP contribution in [0.1, 0.15) is 22.5 Å². The Bertz CT molecular complexity index is 1140. The zero-order chi connectivity index (χ0) is 19.5. The quantitative estimate of drug-likeness (QED) is 0.486. The first-order chi connectivity index (χ1) is 13.7. The van der Waals surface area contributed by atoms with Crippen molar-refractivity contribution in [2.24, 2.45) is 0 Å². The van der Waals surface area contributed by atoms with Gasteiger partial charge in [0.25, 0.3) is 0 Å². The van der Waals surface area contributed by atoms with Crippen molar-refractivity contribution < 1.29 is 0 Å². The topological polar surface area (TPSA) is 85.2 Å². The number of nitrogens with zero attached hydrogens (tertiary/aromatic N) is 7. The zero-order valence-electron chi connectivity index (χ0n) is 15.4. The highest BCUT2D eigenvalue weighted by Gasteiger charge is 2.18. The first-order valence-electron chi connectivity index (χ1n) is 8.69. The first kappa shape index (κ1) is 17.9. The number of benzene rings is 2. The first-order valence-corrected chi connectivity index (χ1v) is 9.68. The van der Waals surface area contributed by atoms with Gasteiger partial charge in [-0.2, -0.15) is 15.0 Å². The van der Waals surface area contributed by atoms with Crippen LogP contribution in [0.15, 0.2) is 59.8 Å². The smallest absolute Gasteiger partial charge is 0.214 e. The van der Waals surface area contributed by atoms with E-state index in [-0.39, 0.29) is 0 Å². The molecule has 4 aromatic rings. The third-order valence-corrected chi connectivity index (χ3v) is 5.26. The van der Waals surface area contributed by atoms with Crippen molar-refractivity contribution in [3.8, 4) is 17.4 Å². The van der Waals surface area contributed by atoms with Crippen LogP contribution in [-0.4, -0.2) is 30.0 Å². The predicted octanol–water partition coefficient (Wildman–Crippen LogP) is 3.63. The lowest BCUT2D eigenvalue weighted by Gasteiger charge is -2.08. The fourth-order valence-corrected chi connectivity index (χ4v) is 3.78. The van der Waals surface area contributed by atoms with Crippen molar-refractivity contribution >= 4 is 11.8 Å². The van der Waals surface area contributed by atoms with E-state index in [2.05, 4.69) is 26.7 Å². The van der Waals surface area contributed by atoms with E-state index in [9.17, 15) is 5.26 Å². The summed E-state index contributed by atoms with van der Waals surface area (Å²) in [7, 11) is 0. The number of nitriles is 1. The molecule has 138 valence electrons. The second-order valence-corrected chi connectivity index (χ2v) is 7.21. The Morgan fingerprint density at radius 2 is 1.68 bits per heavy atom. The molecular formula is C20H17N7S. The maximum atomic E-state index is 9.62. The summed E-state index contributed by atoms with van der Waals surface area (Å²) in [5.74, 6) is 0.519. The molecule has 0 bridgehead atoms. The molecule has 0 aliphatic carbocycles. The van der Waals surface area contributed by atoms with Crippen LogP contribution in [-0.2, 0) is 5.75 Å². The molecule has 7 nitrogen and oxygen atoms in total. The summed E-state index contributed by atoms with van der Waals surface area (Å²) in [5.41, 5.74) is 5.11. The van der Waals surface area contributed by atoms with Crippen LogP contribution in [0.5, 0.6) is 0 Å². The fourth-order valence-electron chi connectivity index (χ4n) is 2.89. The van der Waals surface area contributed by atoms with Crippen LogP contribution < -0.4 is 0 Å². The summed E-state index contributed by atoms with van der Waals surface area (Å²) in [6.45, 7) is 3.89. The van der Waals surface area contributed by atoms with Gasteiger partial charge >= 0.3 is 0 Å². The molecule has 2 heterocycles. The van der Waals surface area contributed by atoms with Gasteiger partial charge in [0, 0.05) is 5.75 Å². The molecule has 2 aromatic heterocycles. The van der Waals surface area contributed by atoms with Gasteiger partial charge in [0.1, 0.15) is 6.07 Å². The Balaban J connectivity index is 1.66. The molecule has 0 saturated carbocycles. The van der Waals surface area contributed by atoms with E-state index in [1.807, 2.05) is 73.1 Å². The third-order valence-electron chi connectivity index (χ3n) is 4.33. The van der Waals surface area contributed by atoms with Gasteiger partial charge in [0.15, 0.2) is 0 Å². The summed E-state index contributed by atoms with van der Waals surface area (Å²) in [5, 5.41) is 26.9. The summed E-state index contributed by atoms with van der Waals surface area (Å²) < 4.78 is 3.52. The lowest BCUT2D eigenvalue weighted by atomic mass is 10.2. The molecule has 0 unspecified atom stereocenters. The Hall–Kier alpha value is -3.44. The van der Waals surface area contributed by atoms with Gasteiger partial charge in [0.05, 0.1) is 28.3 Å². The van der Waals surface area contributed by atoms with Gasteiger partial charge < -0.3 is 0 Å². The number of hydrogen-bond donors (Lipinski definition) is 0. The number of aromatic nitrogens is 6. The minimum Gasteiger partial charge on any atom is -0.235 e. The Kier molecular flexibility index (Phi) is 4.91. The molecule has 0 amide bonds. The SMILES string of the molecule is Cc1ccc(-n2nnnc2SCc2c(C#N)c(C)nn2-c2ccccc2)cc1. The summed E-state index contributed by atoms with van der Waals surface area (Å²) in [4.78, 5) is 0. The maximum Gasteiger partial charge on any atom is 0.214 e. The molecule has 0 aliphatic heterocycles. The van der Waals surface area contributed by atoms with Crippen LogP contribution in [0.25, 0.3) is 11.4 Å². The van der Waals surface area contributed by atoms with Crippen molar-refractivity contribution in [1.29, 1.82) is 5.26 Å². The van der Waals surface area contributed by atoms with Crippen molar-refractivity contribution in [2.45, 2.75) is 24.8 Å². The van der Waals surface area contributed by atoms with Gasteiger partial charge in [-0.1, -0.05) is 47.7 Å². The average Bonchev–Trinajstić information content (AvgIpc) is 3.31. The molecule has 0 radical (unpaired) electrons. The van der Waals surface area contributed by atoms with E-state index in [0.29, 0.717) is 22.2 Å². The van der Waals surface area contributed by atoms with E-state index >= 15 is 0 Å². The maximum absolute atomic E-state index is 9.62. The standard InChI is InChI=1S/C20H17N7S/c1-14-8-10-17(11-9-14)27-20(22-24-25-27)28-13-19-18(12-21)15(2)23-26(19)16-6-4-3-5-7-16/h3-11H,13H2,1-2H3.